The molecule has 0 atom stereocenters. The van der Waals surface area contributed by atoms with Gasteiger partial charge in [-0.2, -0.15) is 0 Å². The first-order chi connectivity index (χ1) is 13.1. The van der Waals surface area contributed by atoms with Gasteiger partial charge in [-0.3, -0.25) is 4.79 Å². The van der Waals surface area contributed by atoms with Crippen molar-refractivity contribution in [3.05, 3.63) is 94.3 Å². The fourth-order valence-corrected chi connectivity index (χ4v) is 2.86. The van der Waals surface area contributed by atoms with Crippen LogP contribution in [0.5, 0.6) is 0 Å². The van der Waals surface area contributed by atoms with Crippen LogP contribution in [0.15, 0.2) is 82.0 Å². The minimum Gasteiger partial charge on any atom is -0.453 e. The van der Waals surface area contributed by atoms with Crippen molar-refractivity contribution in [1.29, 1.82) is 0 Å². The van der Waals surface area contributed by atoms with Gasteiger partial charge in [0.05, 0.1) is 0 Å². The molecule has 0 amide bonds. The van der Waals surface area contributed by atoms with Crippen molar-refractivity contribution in [1.82, 2.24) is 0 Å². The van der Waals surface area contributed by atoms with E-state index in [9.17, 15) is 14.4 Å². The van der Waals surface area contributed by atoms with Gasteiger partial charge >= 0.3 is 11.6 Å². The summed E-state index contributed by atoms with van der Waals surface area (Å²) in [5.41, 5.74) is -0.213. The average Bonchev–Trinajstić information content (AvgIpc) is 2.70. The van der Waals surface area contributed by atoms with Crippen LogP contribution >= 0.6 is 0 Å². The van der Waals surface area contributed by atoms with E-state index in [4.69, 9.17) is 9.15 Å². The number of esters is 1. The Balaban J connectivity index is 1.52. The molecule has 0 aliphatic carbocycles. The quantitative estimate of drug-likeness (QED) is 0.313. The first kappa shape index (κ1) is 16.7. The summed E-state index contributed by atoms with van der Waals surface area (Å²) in [6.07, 6.45) is 0. The van der Waals surface area contributed by atoms with E-state index in [0.29, 0.717) is 16.5 Å². The van der Waals surface area contributed by atoms with Crippen LogP contribution in [0.3, 0.4) is 0 Å². The van der Waals surface area contributed by atoms with Crippen molar-refractivity contribution >= 4 is 33.5 Å². The monoisotopic (exact) mass is 358 g/mol. The first-order valence-corrected chi connectivity index (χ1v) is 8.34. The van der Waals surface area contributed by atoms with Crippen molar-refractivity contribution in [2.45, 2.75) is 0 Å². The molecule has 0 unspecified atom stereocenters. The molecule has 0 aliphatic rings. The summed E-state index contributed by atoms with van der Waals surface area (Å²) in [4.78, 5) is 36.5. The van der Waals surface area contributed by atoms with E-state index in [-0.39, 0.29) is 11.3 Å². The molecule has 0 saturated heterocycles. The number of carbonyl (C=O) groups is 2. The van der Waals surface area contributed by atoms with Gasteiger partial charge in [0.1, 0.15) is 11.1 Å². The number of hydrogen-bond donors (Lipinski definition) is 0. The Morgan fingerprint density at radius 3 is 2.33 bits per heavy atom. The van der Waals surface area contributed by atoms with E-state index < -0.39 is 18.2 Å². The van der Waals surface area contributed by atoms with E-state index in [1.54, 1.807) is 36.4 Å². The molecule has 0 radical (unpaired) electrons. The molecule has 3 aromatic carbocycles. The van der Waals surface area contributed by atoms with Crippen LogP contribution in [0.2, 0.25) is 0 Å². The Labute approximate surface area is 153 Å². The topological polar surface area (TPSA) is 73.6 Å². The molecule has 4 aromatic rings. The Morgan fingerprint density at radius 1 is 0.815 bits per heavy atom. The third kappa shape index (κ3) is 3.35. The van der Waals surface area contributed by atoms with Gasteiger partial charge in [0, 0.05) is 10.9 Å². The standard InChI is InChI=1S/C22H14O5/c23-19(16-10-9-14-5-1-2-6-15(14)11-16)13-26-21(24)18-12-17-7-3-4-8-20(17)27-22(18)25/h1-12H,13H2. The number of ketones is 1. The van der Waals surface area contributed by atoms with Crippen LogP contribution < -0.4 is 5.63 Å². The van der Waals surface area contributed by atoms with E-state index in [2.05, 4.69) is 0 Å². The van der Waals surface area contributed by atoms with Gasteiger partial charge in [0.2, 0.25) is 0 Å². The number of carbonyl (C=O) groups excluding carboxylic acids is 2. The lowest BCUT2D eigenvalue weighted by atomic mass is 10.0. The Hall–Kier alpha value is -3.73. The fourth-order valence-electron chi connectivity index (χ4n) is 2.86. The highest BCUT2D eigenvalue weighted by Crippen LogP contribution is 2.17. The zero-order valence-electron chi connectivity index (χ0n) is 14.2. The van der Waals surface area contributed by atoms with Crippen LogP contribution in [-0.4, -0.2) is 18.4 Å². The second kappa shape index (κ2) is 6.88. The molecule has 0 fully saturated rings. The first-order valence-electron chi connectivity index (χ1n) is 8.34. The SMILES string of the molecule is O=C(COC(=O)c1cc2ccccc2oc1=O)c1ccc2ccccc2c1. The molecule has 27 heavy (non-hydrogen) atoms. The van der Waals surface area contributed by atoms with Gasteiger partial charge < -0.3 is 9.15 Å². The molecule has 0 spiro atoms. The number of ether oxygens (including phenoxy) is 1. The van der Waals surface area contributed by atoms with Gasteiger partial charge in [-0.1, -0.05) is 54.6 Å². The number of para-hydroxylation sites is 1. The van der Waals surface area contributed by atoms with Crippen molar-refractivity contribution in [2.75, 3.05) is 6.61 Å². The van der Waals surface area contributed by atoms with Crippen LogP contribution in [-0.2, 0) is 4.74 Å². The third-order valence-electron chi connectivity index (χ3n) is 4.27. The molecule has 1 aromatic heterocycles. The summed E-state index contributed by atoms with van der Waals surface area (Å²) in [5, 5.41) is 2.54. The summed E-state index contributed by atoms with van der Waals surface area (Å²) < 4.78 is 10.1. The molecular formula is C22H14O5. The maximum absolute atomic E-state index is 12.3. The molecule has 0 saturated carbocycles. The van der Waals surface area contributed by atoms with Gasteiger partial charge in [-0.25, -0.2) is 9.59 Å². The highest BCUT2D eigenvalue weighted by molar-refractivity contribution is 6.02. The van der Waals surface area contributed by atoms with E-state index >= 15 is 0 Å². The molecule has 5 nitrogen and oxygen atoms in total. The second-order valence-electron chi connectivity index (χ2n) is 6.05. The van der Waals surface area contributed by atoms with Gasteiger partial charge in [0.15, 0.2) is 12.4 Å². The normalized spacial score (nSPS) is 10.8. The zero-order valence-corrected chi connectivity index (χ0v) is 14.2. The molecular weight excluding hydrogens is 344 g/mol. The summed E-state index contributed by atoms with van der Waals surface area (Å²) >= 11 is 0. The number of Topliss-reactive ketones (excluding diaryl/α,β-unsaturated/α-hetero) is 1. The number of fused-ring (bicyclic) bond motifs is 2. The smallest absolute Gasteiger partial charge is 0.351 e. The average molecular weight is 358 g/mol. The minimum absolute atomic E-state index is 0.236. The van der Waals surface area contributed by atoms with Crippen LogP contribution in [0, 0.1) is 0 Å². The molecule has 5 heteroatoms. The van der Waals surface area contributed by atoms with E-state index in [0.717, 1.165) is 10.8 Å². The molecule has 132 valence electrons. The van der Waals surface area contributed by atoms with E-state index in [1.807, 2.05) is 30.3 Å². The highest BCUT2D eigenvalue weighted by atomic mass is 16.5. The summed E-state index contributed by atoms with van der Waals surface area (Å²) in [6.45, 7) is -0.455. The Bertz CT molecular complexity index is 1240. The van der Waals surface area contributed by atoms with Gasteiger partial charge in [0.25, 0.3) is 0 Å². The summed E-state index contributed by atoms with van der Waals surface area (Å²) in [5.74, 6) is -1.23. The van der Waals surface area contributed by atoms with Crippen molar-refractivity contribution in [2.24, 2.45) is 0 Å². The number of benzene rings is 3. The summed E-state index contributed by atoms with van der Waals surface area (Å²) in [6, 6.07) is 21.2. The lowest BCUT2D eigenvalue weighted by molar-refractivity contribution is 0.0471. The Morgan fingerprint density at radius 2 is 1.52 bits per heavy atom. The lowest BCUT2D eigenvalue weighted by Gasteiger charge is -2.06. The fraction of sp³-hybridized carbons (Fsp3) is 0.0455. The minimum atomic E-state index is -0.886. The number of rotatable bonds is 4. The molecule has 1 heterocycles. The maximum atomic E-state index is 12.3. The predicted molar refractivity (Wildman–Crippen MR) is 101 cm³/mol. The van der Waals surface area contributed by atoms with Crippen molar-refractivity contribution < 1.29 is 18.7 Å². The van der Waals surface area contributed by atoms with Crippen LogP contribution in [0.25, 0.3) is 21.7 Å². The highest BCUT2D eigenvalue weighted by Gasteiger charge is 2.17. The Kier molecular flexibility index (Phi) is 4.26. The van der Waals surface area contributed by atoms with Crippen molar-refractivity contribution in [3.63, 3.8) is 0 Å². The molecule has 0 N–H and O–H groups in total. The van der Waals surface area contributed by atoms with Gasteiger partial charge in [-0.05, 0) is 29.0 Å². The molecule has 0 aliphatic heterocycles. The number of hydrogen-bond acceptors (Lipinski definition) is 5. The van der Waals surface area contributed by atoms with Crippen LogP contribution in [0.4, 0.5) is 0 Å². The molecule has 0 bridgehead atoms. The lowest BCUT2D eigenvalue weighted by Crippen LogP contribution is -2.20. The van der Waals surface area contributed by atoms with Crippen molar-refractivity contribution in [3.8, 4) is 0 Å². The largest absolute Gasteiger partial charge is 0.453 e. The molecule has 4 rings (SSSR count). The third-order valence-corrected chi connectivity index (χ3v) is 4.27. The second-order valence-corrected chi connectivity index (χ2v) is 6.05. The van der Waals surface area contributed by atoms with Gasteiger partial charge in [-0.15, -0.1) is 0 Å². The van der Waals surface area contributed by atoms with Crippen LogP contribution in [0.1, 0.15) is 20.7 Å². The van der Waals surface area contributed by atoms with E-state index in [1.165, 1.54) is 6.07 Å². The predicted octanol–water partition coefficient (Wildman–Crippen LogP) is 3.99. The zero-order chi connectivity index (χ0) is 18.8. The summed E-state index contributed by atoms with van der Waals surface area (Å²) in [7, 11) is 0. The maximum Gasteiger partial charge on any atom is 0.351 e.